The van der Waals surface area contributed by atoms with Crippen LogP contribution in [0.1, 0.15) is 38.2 Å². The van der Waals surface area contributed by atoms with E-state index in [1.54, 1.807) is 14.0 Å². The first-order chi connectivity index (χ1) is 7.54. The molecule has 3 heteroatoms. The zero-order valence-electron chi connectivity index (χ0n) is 9.92. The number of carbonyl (C=O) groups excluding carboxylic acids is 1. The minimum atomic E-state index is 0.249. The standard InChI is InChI=1S/C13H17BrO2/c1-9(4-5-10(2)15)11-6-7-13(16-3)12(14)8-11/h6-9H,4-5H2,1-3H3. The molecule has 0 aliphatic heterocycles. The van der Waals surface area contributed by atoms with E-state index in [0.717, 1.165) is 16.6 Å². The first-order valence-electron chi connectivity index (χ1n) is 5.37. The molecule has 0 saturated carbocycles. The van der Waals surface area contributed by atoms with E-state index in [1.165, 1.54) is 5.56 Å². The molecule has 16 heavy (non-hydrogen) atoms. The molecule has 0 saturated heterocycles. The number of carbonyl (C=O) groups is 1. The van der Waals surface area contributed by atoms with Crippen molar-refractivity contribution in [3.05, 3.63) is 28.2 Å². The summed E-state index contributed by atoms with van der Waals surface area (Å²) in [6, 6.07) is 6.06. The van der Waals surface area contributed by atoms with E-state index in [-0.39, 0.29) is 5.78 Å². The molecular formula is C13H17BrO2. The maximum Gasteiger partial charge on any atom is 0.133 e. The van der Waals surface area contributed by atoms with Crippen molar-refractivity contribution in [3.63, 3.8) is 0 Å². The minimum absolute atomic E-state index is 0.249. The van der Waals surface area contributed by atoms with Gasteiger partial charge in [0, 0.05) is 6.42 Å². The summed E-state index contributed by atoms with van der Waals surface area (Å²) >= 11 is 3.46. The Hall–Kier alpha value is -0.830. The van der Waals surface area contributed by atoms with Crippen molar-refractivity contribution in [1.82, 2.24) is 0 Å². The number of Topliss-reactive ketones (excluding diaryl/α,β-unsaturated/α-hetero) is 1. The molecule has 1 aromatic carbocycles. The maximum atomic E-state index is 10.9. The van der Waals surface area contributed by atoms with Gasteiger partial charge in [0.2, 0.25) is 0 Å². The molecule has 0 bridgehead atoms. The molecule has 88 valence electrons. The lowest BCUT2D eigenvalue weighted by Crippen LogP contribution is -1.98. The molecule has 0 spiro atoms. The number of benzene rings is 1. The quantitative estimate of drug-likeness (QED) is 0.819. The SMILES string of the molecule is COc1ccc(C(C)CCC(C)=O)cc1Br. The monoisotopic (exact) mass is 284 g/mol. The van der Waals surface area contributed by atoms with Crippen LogP contribution in [0.3, 0.4) is 0 Å². The smallest absolute Gasteiger partial charge is 0.133 e. The molecule has 0 amide bonds. The second-order valence-electron chi connectivity index (χ2n) is 4.04. The van der Waals surface area contributed by atoms with E-state index in [1.807, 2.05) is 12.1 Å². The maximum absolute atomic E-state index is 10.9. The highest BCUT2D eigenvalue weighted by Crippen LogP contribution is 2.30. The first kappa shape index (κ1) is 13.2. The molecule has 0 aliphatic rings. The number of methoxy groups -OCH3 is 1. The molecule has 2 nitrogen and oxygen atoms in total. The molecule has 0 radical (unpaired) electrons. The second kappa shape index (κ2) is 6.04. The molecule has 0 N–H and O–H groups in total. The fourth-order valence-electron chi connectivity index (χ4n) is 1.58. The zero-order chi connectivity index (χ0) is 12.1. The fourth-order valence-corrected chi connectivity index (χ4v) is 2.13. The molecule has 0 heterocycles. The number of hydrogen-bond acceptors (Lipinski definition) is 2. The largest absolute Gasteiger partial charge is 0.496 e. The Balaban J connectivity index is 2.72. The van der Waals surface area contributed by atoms with Gasteiger partial charge in [0.15, 0.2) is 0 Å². The first-order valence-corrected chi connectivity index (χ1v) is 6.16. The number of hydrogen-bond donors (Lipinski definition) is 0. The van der Waals surface area contributed by atoms with Gasteiger partial charge in [-0.3, -0.25) is 0 Å². The van der Waals surface area contributed by atoms with Crippen LogP contribution in [0.2, 0.25) is 0 Å². The highest BCUT2D eigenvalue weighted by atomic mass is 79.9. The van der Waals surface area contributed by atoms with E-state index in [9.17, 15) is 4.79 Å². The van der Waals surface area contributed by atoms with Gasteiger partial charge in [0.1, 0.15) is 11.5 Å². The Labute approximate surface area is 105 Å². The summed E-state index contributed by atoms with van der Waals surface area (Å²) in [6.45, 7) is 3.77. The third-order valence-electron chi connectivity index (χ3n) is 2.67. The molecule has 1 rings (SSSR count). The summed E-state index contributed by atoms with van der Waals surface area (Å²) in [4.78, 5) is 10.9. The summed E-state index contributed by atoms with van der Waals surface area (Å²) < 4.78 is 6.14. The van der Waals surface area contributed by atoms with Gasteiger partial charge in [-0.2, -0.15) is 0 Å². The van der Waals surface area contributed by atoms with Gasteiger partial charge in [-0.25, -0.2) is 0 Å². The lowest BCUT2D eigenvalue weighted by molar-refractivity contribution is -0.117. The molecule has 1 unspecified atom stereocenters. The Morgan fingerprint density at radius 3 is 2.69 bits per heavy atom. The molecule has 1 aromatic rings. The Morgan fingerprint density at radius 1 is 1.50 bits per heavy atom. The summed E-state index contributed by atoms with van der Waals surface area (Å²) in [5.41, 5.74) is 1.23. The van der Waals surface area contributed by atoms with Crippen LogP contribution in [0, 0.1) is 0 Å². The minimum Gasteiger partial charge on any atom is -0.496 e. The number of halogens is 1. The predicted molar refractivity (Wildman–Crippen MR) is 69.0 cm³/mol. The third kappa shape index (κ3) is 3.63. The summed E-state index contributed by atoms with van der Waals surface area (Å²) in [5, 5.41) is 0. The third-order valence-corrected chi connectivity index (χ3v) is 3.29. The Bertz CT molecular complexity index is 374. The van der Waals surface area contributed by atoms with Crippen LogP contribution in [-0.4, -0.2) is 12.9 Å². The lowest BCUT2D eigenvalue weighted by Gasteiger charge is -2.12. The van der Waals surface area contributed by atoms with Gasteiger partial charge in [-0.1, -0.05) is 13.0 Å². The normalized spacial score (nSPS) is 12.2. The van der Waals surface area contributed by atoms with Crippen molar-refractivity contribution >= 4 is 21.7 Å². The van der Waals surface area contributed by atoms with E-state index >= 15 is 0 Å². The average Bonchev–Trinajstić information content (AvgIpc) is 2.25. The van der Waals surface area contributed by atoms with Gasteiger partial charge in [-0.05, 0) is 52.9 Å². The lowest BCUT2D eigenvalue weighted by atomic mass is 9.95. The number of ketones is 1. The highest BCUT2D eigenvalue weighted by Gasteiger charge is 2.09. The van der Waals surface area contributed by atoms with Crippen LogP contribution in [0.15, 0.2) is 22.7 Å². The van der Waals surface area contributed by atoms with Crippen LogP contribution in [0.25, 0.3) is 0 Å². The number of ether oxygens (including phenoxy) is 1. The molecule has 0 fully saturated rings. The van der Waals surface area contributed by atoms with Crippen molar-refractivity contribution < 1.29 is 9.53 Å². The van der Waals surface area contributed by atoms with Crippen LogP contribution >= 0.6 is 15.9 Å². The fraction of sp³-hybridized carbons (Fsp3) is 0.462. The van der Waals surface area contributed by atoms with Gasteiger partial charge in [-0.15, -0.1) is 0 Å². The number of rotatable bonds is 5. The van der Waals surface area contributed by atoms with E-state index in [4.69, 9.17) is 4.74 Å². The van der Waals surface area contributed by atoms with Crippen LogP contribution < -0.4 is 4.74 Å². The molecular weight excluding hydrogens is 268 g/mol. The summed E-state index contributed by atoms with van der Waals surface area (Å²) in [6.07, 6.45) is 1.54. The average molecular weight is 285 g/mol. The van der Waals surface area contributed by atoms with Crippen LogP contribution in [-0.2, 0) is 4.79 Å². The van der Waals surface area contributed by atoms with Crippen molar-refractivity contribution in [2.45, 2.75) is 32.6 Å². The predicted octanol–water partition coefficient (Wildman–Crippen LogP) is 3.93. The van der Waals surface area contributed by atoms with Crippen molar-refractivity contribution in [3.8, 4) is 5.75 Å². The topological polar surface area (TPSA) is 26.3 Å². The Morgan fingerprint density at radius 2 is 2.19 bits per heavy atom. The van der Waals surface area contributed by atoms with Gasteiger partial charge < -0.3 is 9.53 Å². The van der Waals surface area contributed by atoms with Crippen molar-refractivity contribution in [2.24, 2.45) is 0 Å². The van der Waals surface area contributed by atoms with Crippen molar-refractivity contribution in [1.29, 1.82) is 0 Å². The molecule has 0 aromatic heterocycles. The van der Waals surface area contributed by atoms with E-state index in [2.05, 4.69) is 28.9 Å². The van der Waals surface area contributed by atoms with Crippen LogP contribution in [0.4, 0.5) is 0 Å². The summed E-state index contributed by atoms with van der Waals surface area (Å²) in [7, 11) is 1.65. The van der Waals surface area contributed by atoms with E-state index in [0.29, 0.717) is 12.3 Å². The molecule has 1 atom stereocenters. The van der Waals surface area contributed by atoms with Crippen LogP contribution in [0.5, 0.6) is 5.75 Å². The second-order valence-corrected chi connectivity index (χ2v) is 4.89. The zero-order valence-corrected chi connectivity index (χ0v) is 11.5. The van der Waals surface area contributed by atoms with Gasteiger partial charge >= 0.3 is 0 Å². The Kier molecular flexibility index (Phi) is 5.00. The van der Waals surface area contributed by atoms with Crippen molar-refractivity contribution in [2.75, 3.05) is 7.11 Å². The van der Waals surface area contributed by atoms with E-state index < -0.39 is 0 Å². The molecule has 0 aliphatic carbocycles. The van der Waals surface area contributed by atoms with Gasteiger partial charge in [0.25, 0.3) is 0 Å². The summed E-state index contributed by atoms with van der Waals surface area (Å²) in [5.74, 6) is 1.48. The highest BCUT2D eigenvalue weighted by molar-refractivity contribution is 9.10. The van der Waals surface area contributed by atoms with Gasteiger partial charge in [0.05, 0.1) is 11.6 Å².